The molecule has 1 N–H and O–H groups in total. The Morgan fingerprint density at radius 3 is 2.50 bits per heavy atom. The molecule has 0 aliphatic heterocycles. The van der Waals surface area contributed by atoms with Crippen LogP contribution in [-0.2, 0) is 19.5 Å². The summed E-state index contributed by atoms with van der Waals surface area (Å²) in [5.41, 5.74) is 1.18. The molecule has 0 aromatic carbocycles. The number of hydrogen-bond donors (Lipinski definition) is 1. The number of rotatable bonds is 6. The monoisotopic (exact) mass is 264 g/mol. The van der Waals surface area contributed by atoms with Crippen LogP contribution in [0.2, 0.25) is 0 Å². The lowest BCUT2D eigenvalue weighted by Crippen LogP contribution is -2.21. The van der Waals surface area contributed by atoms with Gasteiger partial charge in [-0.2, -0.15) is 13.2 Å². The van der Waals surface area contributed by atoms with Gasteiger partial charge in [-0.15, -0.1) is 5.10 Å². The summed E-state index contributed by atoms with van der Waals surface area (Å²) in [4.78, 5) is 0. The highest BCUT2D eigenvalue weighted by molar-refractivity contribution is 5.10. The number of halogens is 3. The predicted molar refractivity (Wildman–Crippen MR) is 62.0 cm³/mol. The first kappa shape index (κ1) is 14.9. The van der Waals surface area contributed by atoms with Crippen molar-refractivity contribution in [3.05, 3.63) is 11.4 Å². The van der Waals surface area contributed by atoms with Crippen molar-refractivity contribution in [1.29, 1.82) is 0 Å². The maximum atomic E-state index is 12.4. The molecule has 0 amide bonds. The standard InChI is InChI=1S/C11H19F3N4/c1-8(2)4-5-10-9(6-15-3)16-17-18(10)7-11(12,13)14/h8,15H,4-7H2,1-3H3. The fourth-order valence-corrected chi connectivity index (χ4v) is 1.67. The van der Waals surface area contributed by atoms with Crippen LogP contribution in [0, 0.1) is 5.92 Å². The number of aromatic nitrogens is 3. The van der Waals surface area contributed by atoms with Crippen LogP contribution in [0.3, 0.4) is 0 Å². The lowest BCUT2D eigenvalue weighted by molar-refractivity contribution is -0.143. The van der Waals surface area contributed by atoms with Gasteiger partial charge in [-0.25, -0.2) is 4.68 Å². The molecule has 0 saturated heterocycles. The van der Waals surface area contributed by atoms with Crippen LogP contribution >= 0.6 is 0 Å². The Balaban J connectivity index is 2.88. The van der Waals surface area contributed by atoms with Crippen molar-refractivity contribution in [2.45, 2.75) is 46.0 Å². The molecule has 0 fully saturated rings. The first-order valence-electron chi connectivity index (χ1n) is 5.96. The van der Waals surface area contributed by atoms with Gasteiger partial charge in [-0.05, 0) is 25.8 Å². The third kappa shape index (κ3) is 4.64. The maximum absolute atomic E-state index is 12.4. The van der Waals surface area contributed by atoms with Crippen molar-refractivity contribution < 1.29 is 13.2 Å². The Morgan fingerprint density at radius 1 is 1.33 bits per heavy atom. The van der Waals surface area contributed by atoms with Crippen LogP contribution in [-0.4, -0.2) is 28.2 Å². The van der Waals surface area contributed by atoms with Crippen LogP contribution < -0.4 is 5.32 Å². The highest BCUT2D eigenvalue weighted by Gasteiger charge is 2.30. The molecule has 7 heteroatoms. The molecule has 1 aromatic heterocycles. The third-order valence-electron chi connectivity index (χ3n) is 2.55. The average Bonchev–Trinajstić information content (AvgIpc) is 2.56. The maximum Gasteiger partial charge on any atom is 0.408 e. The zero-order chi connectivity index (χ0) is 13.8. The minimum absolute atomic E-state index is 0.432. The summed E-state index contributed by atoms with van der Waals surface area (Å²) in [7, 11) is 1.73. The smallest absolute Gasteiger partial charge is 0.314 e. The molecule has 0 radical (unpaired) electrons. The van der Waals surface area contributed by atoms with E-state index in [1.165, 1.54) is 0 Å². The normalized spacial score (nSPS) is 12.4. The molecule has 4 nitrogen and oxygen atoms in total. The van der Waals surface area contributed by atoms with Gasteiger partial charge < -0.3 is 5.32 Å². The molecule has 18 heavy (non-hydrogen) atoms. The number of hydrogen-bond acceptors (Lipinski definition) is 3. The highest BCUT2D eigenvalue weighted by atomic mass is 19.4. The van der Waals surface area contributed by atoms with Gasteiger partial charge in [0.1, 0.15) is 6.54 Å². The third-order valence-corrected chi connectivity index (χ3v) is 2.55. The first-order chi connectivity index (χ1) is 8.33. The van der Waals surface area contributed by atoms with Crippen LogP contribution in [0.5, 0.6) is 0 Å². The van der Waals surface area contributed by atoms with Gasteiger partial charge in [0.25, 0.3) is 0 Å². The lowest BCUT2D eigenvalue weighted by Gasteiger charge is -2.11. The van der Waals surface area contributed by atoms with Gasteiger partial charge in [0.15, 0.2) is 0 Å². The second-order valence-electron chi connectivity index (χ2n) is 4.72. The topological polar surface area (TPSA) is 42.7 Å². The fraction of sp³-hybridized carbons (Fsp3) is 0.818. The molecule has 0 bridgehead atoms. The molecular weight excluding hydrogens is 245 g/mol. The Labute approximate surface area is 105 Å². The van der Waals surface area contributed by atoms with E-state index in [0.29, 0.717) is 30.3 Å². The highest BCUT2D eigenvalue weighted by Crippen LogP contribution is 2.20. The van der Waals surface area contributed by atoms with E-state index in [2.05, 4.69) is 15.6 Å². The summed E-state index contributed by atoms with van der Waals surface area (Å²) in [5.74, 6) is 0.432. The van der Waals surface area contributed by atoms with Crippen LogP contribution in [0.15, 0.2) is 0 Å². The summed E-state index contributed by atoms with van der Waals surface area (Å²) in [5, 5.41) is 10.3. The quantitative estimate of drug-likeness (QED) is 0.856. The summed E-state index contributed by atoms with van der Waals surface area (Å²) in [6.07, 6.45) is -2.88. The Bertz CT molecular complexity index is 371. The predicted octanol–water partition coefficient (Wildman–Crippen LogP) is 2.15. The van der Waals surface area contributed by atoms with Crippen molar-refractivity contribution in [2.24, 2.45) is 5.92 Å². The van der Waals surface area contributed by atoms with Gasteiger partial charge in [-0.1, -0.05) is 19.1 Å². The van der Waals surface area contributed by atoms with Crippen LogP contribution in [0.1, 0.15) is 31.7 Å². The Morgan fingerprint density at radius 2 is 2.00 bits per heavy atom. The van der Waals surface area contributed by atoms with Gasteiger partial charge in [0, 0.05) is 6.54 Å². The van der Waals surface area contributed by atoms with Crippen molar-refractivity contribution in [2.75, 3.05) is 7.05 Å². The second kappa shape index (κ2) is 6.17. The van der Waals surface area contributed by atoms with E-state index >= 15 is 0 Å². The summed E-state index contributed by atoms with van der Waals surface area (Å²) >= 11 is 0. The largest absolute Gasteiger partial charge is 0.408 e. The van der Waals surface area contributed by atoms with E-state index < -0.39 is 12.7 Å². The molecule has 0 aliphatic carbocycles. The van der Waals surface area contributed by atoms with Crippen molar-refractivity contribution >= 4 is 0 Å². The molecule has 0 unspecified atom stereocenters. The number of nitrogens with one attached hydrogen (secondary N) is 1. The molecule has 1 heterocycles. The zero-order valence-electron chi connectivity index (χ0n) is 10.9. The summed E-state index contributed by atoms with van der Waals surface area (Å²) < 4.78 is 38.2. The fourth-order valence-electron chi connectivity index (χ4n) is 1.67. The second-order valence-corrected chi connectivity index (χ2v) is 4.72. The van der Waals surface area contributed by atoms with Crippen molar-refractivity contribution in [1.82, 2.24) is 20.3 Å². The molecule has 0 atom stereocenters. The van der Waals surface area contributed by atoms with Gasteiger partial charge in [0.2, 0.25) is 0 Å². The first-order valence-corrected chi connectivity index (χ1v) is 5.96. The van der Waals surface area contributed by atoms with Crippen molar-refractivity contribution in [3.63, 3.8) is 0 Å². The minimum atomic E-state index is -4.27. The zero-order valence-corrected chi connectivity index (χ0v) is 10.9. The molecule has 1 rings (SSSR count). The van der Waals surface area contributed by atoms with Gasteiger partial charge >= 0.3 is 6.18 Å². The van der Waals surface area contributed by atoms with E-state index in [1.807, 2.05) is 13.8 Å². The van der Waals surface area contributed by atoms with Crippen molar-refractivity contribution in [3.8, 4) is 0 Å². The van der Waals surface area contributed by atoms with E-state index in [4.69, 9.17) is 0 Å². The summed E-state index contributed by atoms with van der Waals surface area (Å²) in [6.45, 7) is 3.44. The molecule has 0 saturated carbocycles. The summed E-state index contributed by atoms with van der Waals surface area (Å²) in [6, 6.07) is 0. The van der Waals surface area contributed by atoms with Gasteiger partial charge in [-0.3, -0.25) is 0 Å². The van der Waals surface area contributed by atoms with Crippen LogP contribution in [0.4, 0.5) is 13.2 Å². The lowest BCUT2D eigenvalue weighted by atomic mass is 10.1. The molecule has 0 spiro atoms. The van der Waals surface area contributed by atoms with Crippen LogP contribution in [0.25, 0.3) is 0 Å². The SMILES string of the molecule is CNCc1nnn(CC(F)(F)F)c1CCC(C)C. The number of alkyl halides is 3. The molecule has 104 valence electrons. The average molecular weight is 264 g/mol. The van der Waals surface area contributed by atoms with Gasteiger partial charge in [0.05, 0.1) is 11.4 Å². The molecule has 0 aliphatic rings. The Kier molecular flexibility index (Phi) is 5.13. The van der Waals surface area contributed by atoms with E-state index in [9.17, 15) is 13.2 Å². The molecule has 1 aromatic rings. The van der Waals surface area contributed by atoms with E-state index in [1.54, 1.807) is 7.05 Å². The molecular formula is C11H19F3N4. The Hall–Kier alpha value is -1.11. The number of nitrogens with zero attached hydrogens (tertiary/aromatic N) is 3. The minimum Gasteiger partial charge on any atom is -0.314 e. The van der Waals surface area contributed by atoms with E-state index in [-0.39, 0.29) is 0 Å². The van der Waals surface area contributed by atoms with E-state index in [0.717, 1.165) is 11.1 Å².